The van der Waals surface area contributed by atoms with E-state index >= 15 is 0 Å². The molecule has 1 fully saturated rings. The van der Waals surface area contributed by atoms with Crippen molar-refractivity contribution in [3.8, 4) is 0 Å². The van der Waals surface area contributed by atoms with Gasteiger partial charge in [-0.3, -0.25) is 14.9 Å². The normalized spacial score (nSPS) is 18.9. The first-order valence-electron chi connectivity index (χ1n) is 6.43. The van der Waals surface area contributed by atoms with E-state index in [-0.39, 0.29) is 19.2 Å². The molecule has 0 saturated carbocycles. The Bertz CT molecular complexity index is 574. The highest BCUT2D eigenvalue weighted by molar-refractivity contribution is 6.00. The molecular formula is C12H17N5O4. The number of hydrogen-bond donors (Lipinski definition) is 2. The number of amides is 3. The number of esters is 1. The van der Waals surface area contributed by atoms with Gasteiger partial charge < -0.3 is 10.1 Å². The van der Waals surface area contributed by atoms with Crippen LogP contribution in [0.2, 0.25) is 0 Å². The third-order valence-electron chi connectivity index (χ3n) is 2.87. The number of ether oxygens (including phenoxy) is 1. The summed E-state index contributed by atoms with van der Waals surface area (Å²) in [6.45, 7) is 5.32. The van der Waals surface area contributed by atoms with Crippen molar-refractivity contribution in [2.45, 2.75) is 33.4 Å². The first-order valence-corrected chi connectivity index (χ1v) is 6.43. The number of imide groups is 1. The van der Waals surface area contributed by atoms with Gasteiger partial charge >= 0.3 is 12.0 Å². The number of nitrogens with one attached hydrogen (secondary N) is 2. The fraction of sp³-hybridized carbons (Fsp3) is 0.583. The smallest absolute Gasteiger partial charge is 0.321 e. The lowest BCUT2D eigenvalue weighted by Crippen LogP contribution is -2.51. The van der Waals surface area contributed by atoms with Gasteiger partial charge in [-0.15, -0.1) is 5.10 Å². The molecule has 9 nitrogen and oxygen atoms in total. The SMILES string of the molecule is CC(C)(C)C(=O)OCn1cc(C2CNC(=O)NC2=O)nn1. The lowest BCUT2D eigenvalue weighted by molar-refractivity contribution is -0.157. The summed E-state index contributed by atoms with van der Waals surface area (Å²) in [7, 11) is 0. The van der Waals surface area contributed by atoms with Gasteiger partial charge in [-0.2, -0.15) is 0 Å². The first kappa shape index (κ1) is 14.9. The van der Waals surface area contributed by atoms with Gasteiger partial charge in [0, 0.05) is 6.54 Å². The number of urea groups is 1. The summed E-state index contributed by atoms with van der Waals surface area (Å²) in [5.74, 6) is -1.39. The Morgan fingerprint density at radius 2 is 2.19 bits per heavy atom. The molecule has 0 aromatic carbocycles. The molecule has 0 bridgehead atoms. The van der Waals surface area contributed by atoms with Gasteiger partial charge in [-0.05, 0) is 20.8 Å². The fourth-order valence-electron chi connectivity index (χ4n) is 1.65. The maximum Gasteiger partial charge on any atom is 0.321 e. The first-order chi connectivity index (χ1) is 9.77. The van der Waals surface area contributed by atoms with E-state index in [2.05, 4.69) is 20.9 Å². The third kappa shape index (κ3) is 3.56. The van der Waals surface area contributed by atoms with Crippen molar-refractivity contribution in [2.75, 3.05) is 6.54 Å². The molecular weight excluding hydrogens is 278 g/mol. The van der Waals surface area contributed by atoms with Gasteiger partial charge in [0.2, 0.25) is 5.91 Å². The Hall–Kier alpha value is -2.45. The second kappa shape index (κ2) is 5.51. The average Bonchev–Trinajstić information content (AvgIpc) is 2.83. The Morgan fingerprint density at radius 1 is 1.48 bits per heavy atom. The molecule has 1 unspecified atom stereocenters. The Morgan fingerprint density at radius 3 is 2.81 bits per heavy atom. The summed E-state index contributed by atoms with van der Waals surface area (Å²) >= 11 is 0. The molecule has 114 valence electrons. The molecule has 1 aromatic rings. The third-order valence-corrected chi connectivity index (χ3v) is 2.87. The average molecular weight is 295 g/mol. The Labute approximate surface area is 121 Å². The van der Waals surface area contributed by atoms with Crippen LogP contribution in [0.5, 0.6) is 0 Å². The molecule has 1 atom stereocenters. The van der Waals surface area contributed by atoms with E-state index in [0.717, 1.165) is 0 Å². The van der Waals surface area contributed by atoms with E-state index < -0.39 is 23.3 Å². The maximum atomic E-state index is 11.7. The number of carbonyl (C=O) groups excluding carboxylic acids is 3. The molecule has 2 N–H and O–H groups in total. The van der Waals surface area contributed by atoms with Crippen LogP contribution >= 0.6 is 0 Å². The minimum atomic E-state index is -0.602. The highest BCUT2D eigenvalue weighted by Crippen LogP contribution is 2.16. The zero-order valence-electron chi connectivity index (χ0n) is 12.0. The summed E-state index contributed by atoms with van der Waals surface area (Å²) in [5.41, 5.74) is -0.198. The minimum Gasteiger partial charge on any atom is -0.442 e. The van der Waals surface area contributed by atoms with Crippen molar-refractivity contribution in [2.24, 2.45) is 5.41 Å². The molecule has 0 radical (unpaired) electrons. The minimum absolute atomic E-state index is 0.0796. The van der Waals surface area contributed by atoms with E-state index in [9.17, 15) is 14.4 Å². The molecule has 1 aromatic heterocycles. The van der Waals surface area contributed by atoms with Gasteiger partial charge in [0.15, 0.2) is 6.73 Å². The van der Waals surface area contributed by atoms with Gasteiger partial charge in [0.1, 0.15) is 5.92 Å². The van der Waals surface area contributed by atoms with Crippen LogP contribution in [0.4, 0.5) is 4.79 Å². The van der Waals surface area contributed by atoms with Crippen LogP contribution in [0.25, 0.3) is 0 Å². The van der Waals surface area contributed by atoms with Crippen LogP contribution in [0.1, 0.15) is 32.4 Å². The molecule has 3 amide bonds. The van der Waals surface area contributed by atoms with Gasteiger partial charge in [0.05, 0.1) is 17.3 Å². The zero-order valence-corrected chi connectivity index (χ0v) is 12.0. The van der Waals surface area contributed by atoms with Gasteiger partial charge in [0.25, 0.3) is 0 Å². The van der Waals surface area contributed by atoms with E-state index in [4.69, 9.17) is 4.74 Å². The van der Waals surface area contributed by atoms with Crippen LogP contribution in [-0.2, 0) is 21.1 Å². The van der Waals surface area contributed by atoms with Crippen LogP contribution in [0.3, 0.4) is 0 Å². The number of rotatable bonds is 3. The predicted molar refractivity (Wildman–Crippen MR) is 69.9 cm³/mol. The summed E-state index contributed by atoms with van der Waals surface area (Å²) in [5, 5.41) is 12.3. The van der Waals surface area contributed by atoms with Crippen LogP contribution < -0.4 is 10.6 Å². The van der Waals surface area contributed by atoms with E-state index in [1.165, 1.54) is 10.9 Å². The maximum absolute atomic E-state index is 11.7. The van der Waals surface area contributed by atoms with Crippen molar-refractivity contribution < 1.29 is 19.1 Å². The predicted octanol–water partition coefficient (Wildman–Crippen LogP) is -0.252. The zero-order chi connectivity index (χ0) is 15.6. The highest BCUT2D eigenvalue weighted by atomic mass is 16.5. The van der Waals surface area contributed by atoms with E-state index in [0.29, 0.717) is 5.69 Å². The van der Waals surface area contributed by atoms with Gasteiger partial charge in [-0.25, -0.2) is 9.48 Å². The standard InChI is InChI=1S/C12H17N5O4/c1-12(2,3)10(19)21-6-17-5-8(15-16-17)7-4-13-11(20)14-9(7)18/h5,7H,4,6H2,1-3H3,(H2,13,14,18,20). The topological polar surface area (TPSA) is 115 Å². The molecule has 21 heavy (non-hydrogen) atoms. The molecule has 0 spiro atoms. The van der Waals surface area contributed by atoms with Crippen molar-refractivity contribution in [1.29, 1.82) is 0 Å². The number of nitrogens with zero attached hydrogens (tertiary/aromatic N) is 3. The lowest BCUT2D eigenvalue weighted by atomic mass is 9.98. The molecule has 1 aliphatic heterocycles. The van der Waals surface area contributed by atoms with E-state index in [1.807, 2.05) is 0 Å². The number of carbonyl (C=O) groups is 3. The van der Waals surface area contributed by atoms with Crippen LogP contribution in [0.15, 0.2) is 6.20 Å². The molecule has 1 saturated heterocycles. The lowest BCUT2D eigenvalue weighted by Gasteiger charge is -2.19. The summed E-state index contributed by atoms with van der Waals surface area (Å²) < 4.78 is 6.41. The molecule has 0 aliphatic carbocycles. The fourth-order valence-corrected chi connectivity index (χ4v) is 1.65. The van der Waals surface area contributed by atoms with Crippen molar-refractivity contribution in [3.63, 3.8) is 0 Å². The van der Waals surface area contributed by atoms with Gasteiger partial charge in [-0.1, -0.05) is 5.21 Å². The highest BCUT2D eigenvalue weighted by Gasteiger charge is 2.30. The quantitative estimate of drug-likeness (QED) is 0.743. The number of aromatic nitrogens is 3. The largest absolute Gasteiger partial charge is 0.442 e. The van der Waals surface area contributed by atoms with Crippen molar-refractivity contribution in [3.05, 3.63) is 11.9 Å². The van der Waals surface area contributed by atoms with Crippen LogP contribution in [-0.4, -0.2) is 39.4 Å². The van der Waals surface area contributed by atoms with Crippen LogP contribution in [0, 0.1) is 5.41 Å². The Kier molecular flexibility index (Phi) is 3.92. The summed E-state index contributed by atoms with van der Waals surface area (Å²) in [4.78, 5) is 34.3. The monoisotopic (exact) mass is 295 g/mol. The molecule has 9 heteroatoms. The summed E-state index contributed by atoms with van der Waals surface area (Å²) in [6.07, 6.45) is 1.51. The molecule has 2 rings (SSSR count). The summed E-state index contributed by atoms with van der Waals surface area (Å²) in [6, 6.07) is -0.525. The molecule has 1 aliphatic rings. The number of hydrogen-bond acceptors (Lipinski definition) is 6. The van der Waals surface area contributed by atoms with Crippen molar-refractivity contribution in [1.82, 2.24) is 25.6 Å². The van der Waals surface area contributed by atoms with E-state index in [1.54, 1.807) is 20.8 Å². The Balaban J connectivity index is 1.97. The van der Waals surface area contributed by atoms with Crippen molar-refractivity contribution >= 4 is 17.9 Å². The second-order valence-electron chi connectivity index (χ2n) is 5.75. The second-order valence-corrected chi connectivity index (χ2v) is 5.75. The molecule has 2 heterocycles.